The maximum absolute atomic E-state index is 12.7. The van der Waals surface area contributed by atoms with Gasteiger partial charge in [-0.15, -0.1) is 0 Å². The predicted molar refractivity (Wildman–Crippen MR) is 74.2 cm³/mol. The lowest BCUT2D eigenvalue weighted by molar-refractivity contribution is -0.140. The molecule has 0 heterocycles. The molecule has 0 saturated carbocycles. The van der Waals surface area contributed by atoms with E-state index >= 15 is 0 Å². The van der Waals surface area contributed by atoms with Crippen LogP contribution in [0.2, 0.25) is 0 Å². The molecule has 0 spiro atoms. The first-order valence-electron chi connectivity index (χ1n) is 6.73. The van der Waals surface area contributed by atoms with Gasteiger partial charge in [-0.3, -0.25) is 0 Å². The van der Waals surface area contributed by atoms with Crippen LogP contribution >= 0.6 is 0 Å². The van der Waals surface area contributed by atoms with Crippen LogP contribution in [-0.4, -0.2) is 19.8 Å². The summed E-state index contributed by atoms with van der Waals surface area (Å²) in [6.45, 7) is 6.19. The molecule has 5 heteroatoms. The average Bonchev–Trinajstić information content (AvgIpc) is 2.32. The van der Waals surface area contributed by atoms with E-state index in [1.54, 1.807) is 19.2 Å². The Morgan fingerprint density at radius 3 is 2.15 bits per heavy atom. The van der Waals surface area contributed by atoms with Gasteiger partial charge in [-0.05, 0) is 43.5 Å². The summed E-state index contributed by atoms with van der Waals surface area (Å²) in [5, 5.41) is 2.97. The van der Waals surface area contributed by atoms with Gasteiger partial charge < -0.3 is 10.1 Å². The van der Waals surface area contributed by atoms with Gasteiger partial charge in [0.05, 0.1) is 13.5 Å². The van der Waals surface area contributed by atoms with Gasteiger partial charge in [0, 0.05) is 6.04 Å². The molecule has 0 bridgehead atoms. The second kappa shape index (κ2) is 6.97. The lowest BCUT2D eigenvalue weighted by Gasteiger charge is -2.22. The molecule has 20 heavy (non-hydrogen) atoms. The van der Waals surface area contributed by atoms with Crippen LogP contribution in [0.1, 0.15) is 42.5 Å². The van der Waals surface area contributed by atoms with E-state index in [9.17, 15) is 13.2 Å². The highest BCUT2D eigenvalue weighted by Gasteiger charge is 2.32. The van der Waals surface area contributed by atoms with Crippen molar-refractivity contribution in [3.63, 3.8) is 0 Å². The van der Waals surface area contributed by atoms with Gasteiger partial charge in [-0.1, -0.05) is 19.1 Å². The van der Waals surface area contributed by atoms with Crippen molar-refractivity contribution >= 4 is 0 Å². The first-order chi connectivity index (χ1) is 9.28. The molecule has 0 aliphatic rings. The molecule has 1 atom stereocenters. The molecule has 1 N–H and O–H groups in total. The van der Waals surface area contributed by atoms with Crippen molar-refractivity contribution in [2.24, 2.45) is 0 Å². The Balaban J connectivity index is 3.07. The fourth-order valence-corrected chi connectivity index (χ4v) is 2.36. The zero-order valence-electron chi connectivity index (χ0n) is 12.4. The zero-order valence-corrected chi connectivity index (χ0v) is 12.4. The minimum Gasteiger partial charge on any atom is -0.496 e. The molecule has 0 aromatic heterocycles. The predicted octanol–water partition coefficient (Wildman–Crippen LogP) is 4.31. The summed E-state index contributed by atoms with van der Waals surface area (Å²) < 4.78 is 43.4. The van der Waals surface area contributed by atoms with Crippen LogP contribution in [0.4, 0.5) is 13.2 Å². The van der Waals surface area contributed by atoms with Crippen LogP contribution in [0.3, 0.4) is 0 Å². The molecule has 0 amide bonds. The molecular formula is C15H22F3NO. The highest BCUT2D eigenvalue weighted by Crippen LogP contribution is 2.33. The molecule has 0 aliphatic carbocycles. The molecule has 0 fully saturated rings. The first-order valence-corrected chi connectivity index (χ1v) is 6.73. The second-order valence-electron chi connectivity index (χ2n) is 5.01. The van der Waals surface area contributed by atoms with Crippen LogP contribution < -0.4 is 10.1 Å². The van der Waals surface area contributed by atoms with Crippen molar-refractivity contribution in [2.45, 2.75) is 45.8 Å². The van der Waals surface area contributed by atoms with E-state index in [1.165, 1.54) is 0 Å². The highest BCUT2D eigenvalue weighted by molar-refractivity contribution is 5.44. The Kier molecular flexibility index (Phi) is 5.87. The molecule has 1 aromatic carbocycles. The lowest BCUT2D eigenvalue weighted by Crippen LogP contribution is -2.27. The van der Waals surface area contributed by atoms with Gasteiger partial charge in [0.25, 0.3) is 0 Å². The van der Waals surface area contributed by atoms with E-state index in [0.29, 0.717) is 12.1 Å². The largest absolute Gasteiger partial charge is 0.496 e. The van der Waals surface area contributed by atoms with Crippen LogP contribution in [0.5, 0.6) is 5.75 Å². The molecule has 1 rings (SSSR count). The Morgan fingerprint density at radius 1 is 1.20 bits per heavy atom. The van der Waals surface area contributed by atoms with Crippen LogP contribution in [0.25, 0.3) is 0 Å². The summed E-state index contributed by atoms with van der Waals surface area (Å²) in [5.74, 6) is 0.731. The van der Waals surface area contributed by atoms with Gasteiger partial charge >= 0.3 is 6.18 Å². The fraction of sp³-hybridized carbons (Fsp3) is 0.600. The van der Waals surface area contributed by atoms with Gasteiger partial charge in [0.2, 0.25) is 0 Å². The molecule has 0 radical (unpaired) electrons. The molecule has 1 aromatic rings. The van der Waals surface area contributed by atoms with E-state index in [1.807, 2.05) is 20.8 Å². The van der Waals surface area contributed by atoms with Gasteiger partial charge in [-0.25, -0.2) is 0 Å². The number of hydrogen-bond acceptors (Lipinski definition) is 2. The van der Waals surface area contributed by atoms with E-state index in [-0.39, 0.29) is 0 Å². The first kappa shape index (κ1) is 16.8. The summed E-state index contributed by atoms with van der Waals surface area (Å²) in [7, 11) is 1.57. The topological polar surface area (TPSA) is 21.3 Å². The van der Waals surface area contributed by atoms with Gasteiger partial charge in [0.1, 0.15) is 5.75 Å². The van der Waals surface area contributed by atoms with Gasteiger partial charge in [-0.2, -0.15) is 13.2 Å². The number of aryl methyl sites for hydroxylation is 2. The second-order valence-corrected chi connectivity index (χ2v) is 5.01. The number of methoxy groups -OCH3 is 1. The minimum atomic E-state index is -4.19. The lowest BCUT2D eigenvalue weighted by atomic mass is 9.98. The quantitative estimate of drug-likeness (QED) is 0.842. The molecule has 0 saturated heterocycles. The Morgan fingerprint density at radius 2 is 1.75 bits per heavy atom. The van der Waals surface area contributed by atoms with Crippen molar-refractivity contribution in [3.8, 4) is 5.75 Å². The van der Waals surface area contributed by atoms with Crippen LogP contribution in [0, 0.1) is 13.8 Å². The normalized spacial score (nSPS) is 13.3. The number of benzene rings is 1. The summed E-state index contributed by atoms with van der Waals surface area (Å²) >= 11 is 0. The number of rotatable bonds is 6. The van der Waals surface area contributed by atoms with Crippen molar-refractivity contribution in [2.75, 3.05) is 13.7 Å². The molecular weight excluding hydrogens is 267 g/mol. The van der Waals surface area contributed by atoms with Crippen molar-refractivity contribution in [1.82, 2.24) is 5.32 Å². The van der Waals surface area contributed by atoms with Crippen molar-refractivity contribution in [1.29, 1.82) is 0 Å². The third-order valence-corrected chi connectivity index (χ3v) is 3.17. The third-order valence-electron chi connectivity index (χ3n) is 3.17. The summed E-state index contributed by atoms with van der Waals surface area (Å²) in [5.41, 5.74) is 2.37. The minimum absolute atomic E-state index is 0.560. The van der Waals surface area contributed by atoms with E-state index in [2.05, 4.69) is 5.32 Å². The summed E-state index contributed by atoms with van der Waals surface area (Å²) in [4.78, 5) is 0. The molecule has 114 valence electrons. The van der Waals surface area contributed by atoms with E-state index in [0.717, 1.165) is 23.3 Å². The Bertz CT molecular complexity index is 420. The summed E-state index contributed by atoms with van der Waals surface area (Å²) in [6, 6.07) is 2.83. The molecule has 0 aliphatic heterocycles. The highest BCUT2D eigenvalue weighted by atomic mass is 19.4. The summed E-state index contributed by atoms with van der Waals surface area (Å²) in [6.07, 6.45) is -4.26. The van der Waals surface area contributed by atoms with Gasteiger partial charge in [0.15, 0.2) is 0 Å². The van der Waals surface area contributed by atoms with E-state index in [4.69, 9.17) is 4.74 Å². The zero-order chi connectivity index (χ0) is 15.3. The number of ether oxygens (including phenoxy) is 1. The molecule has 1 unspecified atom stereocenters. The average molecular weight is 289 g/mol. The maximum atomic E-state index is 12.7. The van der Waals surface area contributed by atoms with Crippen molar-refractivity contribution in [3.05, 3.63) is 28.8 Å². The molecule has 2 nitrogen and oxygen atoms in total. The number of hydrogen-bond donors (Lipinski definition) is 1. The number of halogens is 3. The SMILES string of the molecule is CCCNC(CC(F)(F)F)c1cc(C)c(OC)c(C)c1. The van der Waals surface area contributed by atoms with Crippen LogP contribution in [-0.2, 0) is 0 Å². The van der Waals surface area contributed by atoms with Crippen molar-refractivity contribution < 1.29 is 17.9 Å². The fourth-order valence-electron chi connectivity index (χ4n) is 2.36. The maximum Gasteiger partial charge on any atom is 0.390 e. The standard InChI is InChI=1S/C15H22F3NO/c1-5-6-19-13(9-15(16,17)18)12-7-10(2)14(20-4)11(3)8-12/h7-8,13,19H,5-6,9H2,1-4H3. The number of alkyl halides is 3. The monoisotopic (exact) mass is 289 g/mol. The Hall–Kier alpha value is -1.23. The Labute approximate surface area is 118 Å². The smallest absolute Gasteiger partial charge is 0.390 e. The van der Waals surface area contributed by atoms with Crippen LogP contribution in [0.15, 0.2) is 12.1 Å². The third kappa shape index (κ3) is 4.71. The van der Waals surface area contributed by atoms with E-state index < -0.39 is 18.6 Å². The number of nitrogens with one attached hydrogen (secondary N) is 1.